The fourth-order valence-electron chi connectivity index (χ4n) is 3.31. The lowest BCUT2D eigenvalue weighted by molar-refractivity contribution is -0.132. The molecule has 1 atom stereocenters. The monoisotopic (exact) mass is 288 g/mol. The first-order valence-electron chi connectivity index (χ1n) is 7.74. The van der Waals surface area contributed by atoms with Crippen molar-refractivity contribution in [2.24, 2.45) is 5.92 Å². The molecule has 1 aliphatic carbocycles. The van der Waals surface area contributed by atoms with Crippen LogP contribution in [0, 0.1) is 5.92 Å². The Balaban J connectivity index is 0.00000180. The maximum Gasteiger partial charge on any atom is 0.222 e. The van der Waals surface area contributed by atoms with Crippen molar-refractivity contribution < 1.29 is 4.79 Å². The van der Waals surface area contributed by atoms with Crippen LogP contribution in [0.4, 0.5) is 0 Å². The normalized spacial score (nSPS) is 24.6. The molecule has 0 spiro atoms. The van der Waals surface area contributed by atoms with E-state index in [0.29, 0.717) is 11.9 Å². The lowest BCUT2D eigenvalue weighted by Crippen LogP contribution is -2.36. The third-order valence-electron chi connectivity index (χ3n) is 4.69. The highest BCUT2D eigenvalue weighted by Gasteiger charge is 2.22. The van der Waals surface area contributed by atoms with Gasteiger partial charge in [-0.15, -0.1) is 12.4 Å². The maximum absolute atomic E-state index is 12.2. The predicted molar refractivity (Wildman–Crippen MR) is 81.7 cm³/mol. The van der Waals surface area contributed by atoms with Crippen LogP contribution in [-0.2, 0) is 4.79 Å². The summed E-state index contributed by atoms with van der Waals surface area (Å²) in [4.78, 5) is 14.3. The molecule has 0 aromatic rings. The second kappa shape index (κ2) is 8.80. The minimum Gasteiger partial charge on any atom is -0.343 e. The molecule has 0 bridgehead atoms. The Bertz CT molecular complexity index is 259. The Kier molecular flexibility index (Phi) is 7.77. The molecule has 1 unspecified atom stereocenters. The van der Waals surface area contributed by atoms with Crippen LogP contribution in [0.5, 0.6) is 0 Å². The molecule has 1 heterocycles. The molecule has 3 nitrogen and oxygen atoms in total. The molecule has 19 heavy (non-hydrogen) atoms. The molecular weight excluding hydrogens is 260 g/mol. The van der Waals surface area contributed by atoms with E-state index in [9.17, 15) is 4.79 Å². The van der Waals surface area contributed by atoms with Crippen molar-refractivity contribution in [1.29, 1.82) is 0 Å². The number of carbonyl (C=O) groups excluding carboxylic acids is 1. The lowest BCUT2D eigenvalue weighted by atomic mass is 10.0. The molecule has 0 radical (unpaired) electrons. The van der Waals surface area contributed by atoms with Crippen LogP contribution in [0.3, 0.4) is 0 Å². The zero-order valence-corrected chi connectivity index (χ0v) is 13.0. The molecule has 0 aromatic heterocycles. The molecule has 4 heteroatoms. The Morgan fingerprint density at radius 2 is 1.84 bits per heavy atom. The zero-order chi connectivity index (χ0) is 12.8. The molecule has 1 amide bonds. The number of halogens is 1. The minimum atomic E-state index is 0. The smallest absolute Gasteiger partial charge is 0.222 e. The molecular formula is C15H29ClN2O. The Hall–Kier alpha value is -0.280. The van der Waals surface area contributed by atoms with Crippen LogP contribution in [-0.4, -0.2) is 37.0 Å². The van der Waals surface area contributed by atoms with Crippen molar-refractivity contribution in [1.82, 2.24) is 10.2 Å². The lowest BCUT2D eigenvalue weighted by Gasteiger charge is -2.27. The fourth-order valence-corrected chi connectivity index (χ4v) is 3.31. The summed E-state index contributed by atoms with van der Waals surface area (Å²) in [7, 11) is 2.02. The number of hydrogen-bond donors (Lipinski definition) is 1. The molecule has 1 N–H and O–H groups in total. The van der Waals surface area contributed by atoms with E-state index in [1.165, 1.54) is 44.9 Å². The van der Waals surface area contributed by atoms with Crippen molar-refractivity contribution >= 4 is 18.3 Å². The number of amides is 1. The van der Waals surface area contributed by atoms with Gasteiger partial charge in [-0.05, 0) is 44.7 Å². The van der Waals surface area contributed by atoms with Crippen LogP contribution < -0.4 is 5.32 Å². The zero-order valence-electron chi connectivity index (χ0n) is 12.2. The first-order valence-corrected chi connectivity index (χ1v) is 7.74. The van der Waals surface area contributed by atoms with Crippen LogP contribution in [0.25, 0.3) is 0 Å². The van der Waals surface area contributed by atoms with E-state index in [4.69, 9.17) is 0 Å². The van der Waals surface area contributed by atoms with E-state index in [1.54, 1.807) is 0 Å². The second-order valence-corrected chi connectivity index (χ2v) is 6.05. The van der Waals surface area contributed by atoms with E-state index in [1.807, 2.05) is 11.9 Å². The Morgan fingerprint density at radius 1 is 1.16 bits per heavy atom. The Labute approximate surface area is 123 Å². The van der Waals surface area contributed by atoms with Gasteiger partial charge in [-0.25, -0.2) is 0 Å². The first kappa shape index (κ1) is 16.8. The topological polar surface area (TPSA) is 32.3 Å². The minimum absolute atomic E-state index is 0. The summed E-state index contributed by atoms with van der Waals surface area (Å²) in [6.45, 7) is 2.25. The van der Waals surface area contributed by atoms with Gasteiger partial charge in [0.25, 0.3) is 0 Å². The van der Waals surface area contributed by atoms with Gasteiger partial charge in [0.15, 0.2) is 0 Å². The standard InChI is InChI=1S/C15H28N2O.ClH/c1-17(14-6-4-2-3-5-7-14)15(18)9-8-13-10-11-16-12-13;/h13-14,16H,2-12H2,1H3;1H. The predicted octanol–water partition coefficient (Wildman–Crippen LogP) is 2.98. The summed E-state index contributed by atoms with van der Waals surface area (Å²) in [5, 5.41) is 3.37. The van der Waals surface area contributed by atoms with E-state index in [0.717, 1.165) is 31.8 Å². The van der Waals surface area contributed by atoms with Gasteiger partial charge in [0.1, 0.15) is 0 Å². The second-order valence-electron chi connectivity index (χ2n) is 6.05. The van der Waals surface area contributed by atoms with Crippen molar-refractivity contribution in [3.8, 4) is 0 Å². The van der Waals surface area contributed by atoms with Crippen LogP contribution in [0.1, 0.15) is 57.8 Å². The highest BCUT2D eigenvalue weighted by Crippen LogP contribution is 2.22. The number of nitrogens with zero attached hydrogens (tertiary/aromatic N) is 1. The third-order valence-corrected chi connectivity index (χ3v) is 4.69. The molecule has 2 aliphatic rings. The van der Waals surface area contributed by atoms with E-state index >= 15 is 0 Å². The molecule has 1 aliphatic heterocycles. The molecule has 2 rings (SSSR count). The van der Waals surface area contributed by atoms with E-state index < -0.39 is 0 Å². The summed E-state index contributed by atoms with van der Waals surface area (Å²) in [6, 6.07) is 0.515. The van der Waals surface area contributed by atoms with E-state index in [2.05, 4.69) is 5.32 Å². The van der Waals surface area contributed by atoms with Gasteiger partial charge in [0, 0.05) is 19.5 Å². The number of hydrogen-bond acceptors (Lipinski definition) is 2. The summed E-state index contributed by atoms with van der Waals surface area (Å²) < 4.78 is 0. The third kappa shape index (κ3) is 5.31. The SMILES string of the molecule is CN(C(=O)CCC1CCNC1)C1CCCCCC1.Cl. The van der Waals surface area contributed by atoms with Crippen LogP contribution >= 0.6 is 12.4 Å². The number of rotatable bonds is 4. The molecule has 112 valence electrons. The molecule has 0 aromatic carbocycles. The van der Waals surface area contributed by atoms with Crippen LogP contribution in [0.15, 0.2) is 0 Å². The van der Waals surface area contributed by atoms with Crippen LogP contribution in [0.2, 0.25) is 0 Å². The average molecular weight is 289 g/mol. The number of carbonyl (C=O) groups is 1. The average Bonchev–Trinajstić information content (AvgIpc) is 2.75. The molecule has 2 fully saturated rings. The van der Waals surface area contributed by atoms with Gasteiger partial charge in [0.2, 0.25) is 5.91 Å². The highest BCUT2D eigenvalue weighted by molar-refractivity contribution is 5.85. The summed E-state index contributed by atoms with van der Waals surface area (Å²) >= 11 is 0. The molecule has 1 saturated heterocycles. The quantitative estimate of drug-likeness (QED) is 0.807. The Morgan fingerprint density at radius 3 is 2.42 bits per heavy atom. The van der Waals surface area contributed by atoms with Crippen molar-refractivity contribution in [2.45, 2.75) is 63.8 Å². The summed E-state index contributed by atoms with van der Waals surface area (Å²) in [5.41, 5.74) is 0. The maximum atomic E-state index is 12.2. The van der Waals surface area contributed by atoms with Gasteiger partial charge in [-0.3, -0.25) is 4.79 Å². The first-order chi connectivity index (χ1) is 8.77. The van der Waals surface area contributed by atoms with E-state index in [-0.39, 0.29) is 12.4 Å². The highest BCUT2D eigenvalue weighted by atomic mass is 35.5. The van der Waals surface area contributed by atoms with Gasteiger partial charge in [0.05, 0.1) is 0 Å². The van der Waals surface area contributed by atoms with Crippen molar-refractivity contribution in [3.63, 3.8) is 0 Å². The van der Waals surface area contributed by atoms with Crippen molar-refractivity contribution in [3.05, 3.63) is 0 Å². The van der Waals surface area contributed by atoms with Gasteiger partial charge < -0.3 is 10.2 Å². The number of nitrogens with one attached hydrogen (secondary N) is 1. The van der Waals surface area contributed by atoms with Gasteiger partial charge >= 0.3 is 0 Å². The largest absolute Gasteiger partial charge is 0.343 e. The molecule has 1 saturated carbocycles. The van der Waals surface area contributed by atoms with Crippen molar-refractivity contribution in [2.75, 3.05) is 20.1 Å². The summed E-state index contributed by atoms with van der Waals surface area (Å²) in [6.07, 6.45) is 10.8. The van der Waals surface area contributed by atoms with Gasteiger partial charge in [-0.2, -0.15) is 0 Å². The van der Waals surface area contributed by atoms with Gasteiger partial charge in [-0.1, -0.05) is 25.7 Å². The fraction of sp³-hybridized carbons (Fsp3) is 0.933. The summed E-state index contributed by atoms with van der Waals surface area (Å²) in [5.74, 6) is 1.10.